The van der Waals surface area contributed by atoms with Gasteiger partial charge in [0.05, 0.1) is 22.7 Å². The van der Waals surface area contributed by atoms with Crippen LogP contribution in [0.25, 0.3) is 0 Å². The summed E-state index contributed by atoms with van der Waals surface area (Å²) in [5.41, 5.74) is 17.5. The molecule has 0 aromatic heterocycles. The number of para-hydroxylation sites is 4. The molecule has 1 unspecified atom stereocenters. The second-order valence-corrected chi connectivity index (χ2v) is 19.3. The van der Waals surface area contributed by atoms with Gasteiger partial charge in [-0.1, -0.05) is 147 Å². The maximum atomic E-state index is 2.58. The Morgan fingerprint density at radius 2 is 1.00 bits per heavy atom. The predicted octanol–water partition coefficient (Wildman–Crippen LogP) is 13.2. The summed E-state index contributed by atoms with van der Waals surface area (Å²) in [5, 5.41) is 0. The van der Waals surface area contributed by atoms with Crippen LogP contribution in [0.4, 0.5) is 34.1 Å². The van der Waals surface area contributed by atoms with Crippen molar-refractivity contribution in [1.82, 2.24) is 0 Å². The Balaban J connectivity index is 1.22. The van der Waals surface area contributed by atoms with Gasteiger partial charge in [0.15, 0.2) is 0 Å². The number of benzene rings is 7. The fourth-order valence-corrected chi connectivity index (χ4v) is 12.7. The Kier molecular flexibility index (Phi) is 8.11. The van der Waals surface area contributed by atoms with Crippen LogP contribution in [-0.4, -0.2) is 6.71 Å². The number of anilines is 6. The fraction of sp³-hybridized carbons (Fsp3) is 0.160. The Labute approximate surface area is 343 Å². The smallest absolute Gasteiger partial charge is 0.245 e. The molecule has 0 spiro atoms. The van der Waals surface area contributed by atoms with E-state index >= 15 is 0 Å². The molecule has 56 heavy (non-hydrogen) atoms. The highest BCUT2D eigenvalue weighted by Gasteiger charge is 2.40. The molecule has 1 atom stereocenters. The zero-order valence-electron chi connectivity index (χ0n) is 32.2. The van der Waals surface area contributed by atoms with Gasteiger partial charge in [-0.3, -0.25) is 0 Å². The standard InChI is InChI=1S/C50H41BN2S3/c1-29(2)32-25-36(30(3)4)49-37(26-32)31(5)35-13-12-20-48-50(35)53(42-16-8-11-19-47(42)56-48)34-22-24-44-39(28-34)51(49)38-27-33(21-23-43(38)54-44)52-40-14-6-9-17-45(40)55-46-18-10-7-15-41(46)52/h6-31H,1-5H3. The highest BCUT2D eigenvalue weighted by atomic mass is 32.2. The minimum Gasteiger partial charge on any atom is -0.308 e. The molecule has 4 heterocycles. The first kappa shape index (κ1) is 34.5. The molecule has 0 saturated carbocycles. The predicted molar refractivity (Wildman–Crippen MR) is 241 cm³/mol. The molecule has 4 aliphatic heterocycles. The Bertz CT molecular complexity index is 2710. The van der Waals surface area contributed by atoms with Crippen LogP contribution in [0.5, 0.6) is 0 Å². The van der Waals surface area contributed by atoms with Gasteiger partial charge in [-0.05, 0) is 113 Å². The lowest BCUT2D eigenvalue weighted by atomic mass is 9.34. The molecule has 2 nitrogen and oxygen atoms in total. The molecule has 7 aromatic rings. The Hall–Kier alpha value is -4.75. The van der Waals surface area contributed by atoms with E-state index in [1.165, 1.54) is 102 Å². The van der Waals surface area contributed by atoms with Crippen molar-refractivity contribution in [2.75, 3.05) is 9.80 Å². The summed E-state index contributed by atoms with van der Waals surface area (Å²) in [7, 11) is 0. The molecule has 0 aliphatic carbocycles. The van der Waals surface area contributed by atoms with Crippen molar-refractivity contribution < 1.29 is 0 Å². The molecule has 11 rings (SSSR count). The van der Waals surface area contributed by atoms with Crippen LogP contribution in [0.3, 0.4) is 0 Å². The van der Waals surface area contributed by atoms with E-state index in [0.29, 0.717) is 11.8 Å². The van der Waals surface area contributed by atoms with Gasteiger partial charge in [-0.25, -0.2) is 0 Å². The number of rotatable bonds is 3. The van der Waals surface area contributed by atoms with Crippen LogP contribution < -0.4 is 26.2 Å². The average Bonchev–Trinajstić information content (AvgIpc) is 3.22. The highest BCUT2D eigenvalue weighted by Crippen LogP contribution is 2.55. The molecule has 7 aromatic carbocycles. The largest absolute Gasteiger partial charge is 0.308 e. The van der Waals surface area contributed by atoms with E-state index in [4.69, 9.17) is 0 Å². The third kappa shape index (κ3) is 5.22. The van der Waals surface area contributed by atoms with E-state index in [1.54, 1.807) is 0 Å². The maximum absolute atomic E-state index is 2.58. The maximum Gasteiger partial charge on any atom is 0.245 e. The molecular weight excluding hydrogens is 736 g/mol. The quantitative estimate of drug-likeness (QED) is 0.164. The summed E-state index contributed by atoms with van der Waals surface area (Å²) in [6, 6.07) is 53.4. The second-order valence-electron chi connectivity index (χ2n) is 16.1. The molecule has 6 heteroatoms. The summed E-state index contributed by atoms with van der Waals surface area (Å²) >= 11 is 5.71. The van der Waals surface area contributed by atoms with E-state index in [-0.39, 0.29) is 12.6 Å². The van der Waals surface area contributed by atoms with Crippen LogP contribution in [-0.2, 0) is 0 Å². The van der Waals surface area contributed by atoms with E-state index in [1.807, 2.05) is 35.3 Å². The zero-order valence-corrected chi connectivity index (χ0v) is 34.7. The second kappa shape index (κ2) is 13.2. The van der Waals surface area contributed by atoms with Gasteiger partial charge in [-0.15, -0.1) is 0 Å². The van der Waals surface area contributed by atoms with Gasteiger partial charge in [0.1, 0.15) is 0 Å². The first-order chi connectivity index (χ1) is 27.3. The van der Waals surface area contributed by atoms with Crippen LogP contribution in [0.1, 0.15) is 74.6 Å². The summed E-state index contributed by atoms with van der Waals surface area (Å²) in [5.74, 6) is 0.934. The normalized spacial score (nSPS) is 15.8. The van der Waals surface area contributed by atoms with Crippen molar-refractivity contribution in [3.05, 3.63) is 162 Å². The van der Waals surface area contributed by atoms with Crippen LogP contribution in [0.2, 0.25) is 0 Å². The number of nitrogens with zero attached hydrogens (tertiary/aromatic N) is 2. The van der Waals surface area contributed by atoms with E-state index in [2.05, 4.69) is 184 Å². The van der Waals surface area contributed by atoms with Gasteiger partial charge in [0, 0.05) is 46.7 Å². The van der Waals surface area contributed by atoms with E-state index < -0.39 is 0 Å². The van der Waals surface area contributed by atoms with Gasteiger partial charge >= 0.3 is 0 Å². The third-order valence-electron chi connectivity index (χ3n) is 12.1. The summed E-state index contributed by atoms with van der Waals surface area (Å²) in [4.78, 5) is 12.9. The SMILES string of the molecule is CC(C)c1cc(C(C)C)c2c(c1)C(C)c1cccc3c1N(c1ccc4c(c1)B2c1cc(N2c5ccccc5Sc5ccccc52)ccc1S4)c1ccccc1S3. The van der Waals surface area contributed by atoms with Crippen LogP contribution in [0, 0.1) is 0 Å². The minimum absolute atomic E-state index is 0.0565. The monoisotopic (exact) mass is 776 g/mol. The molecule has 0 fully saturated rings. The summed E-state index contributed by atoms with van der Waals surface area (Å²) in [6.45, 7) is 12.0. The van der Waals surface area contributed by atoms with Gasteiger partial charge in [0.2, 0.25) is 6.71 Å². The molecule has 2 bridgehead atoms. The van der Waals surface area contributed by atoms with Gasteiger partial charge < -0.3 is 9.80 Å². The summed E-state index contributed by atoms with van der Waals surface area (Å²) < 4.78 is 0. The first-order valence-corrected chi connectivity index (χ1v) is 22.3. The Morgan fingerprint density at radius 1 is 0.482 bits per heavy atom. The first-order valence-electron chi connectivity index (χ1n) is 19.8. The number of hydrogen-bond acceptors (Lipinski definition) is 5. The van der Waals surface area contributed by atoms with Gasteiger partial charge in [-0.2, -0.15) is 0 Å². The third-order valence-corrected chi connectivity index (χ3v) is 15.6. The van der Waals surface area contributed by atoms with Crippen molar-refractivity contribution in [2.45, 2.75) is 81.7 Å². The number of fused-ring (bicyclic) bond motifs is 10. The Morgan fingerprint density at radius 3 is 1.59 bits per heavy atom. The van der Waals surface area contributed by atoms with E-state index in [9.17, 15) is 0 Å². The lowest BCUT2D eigenvalue weighted by Gasteiger charge is -2.40. The lowest BCUT2D eigenvalue weighted by molar-refractivity contribution is 0.822. The van der Waals surface area contributed by atoms with Crippen molar-refractivity contribution in [3.8, 4) is 0 Å². The lowest BCUT2D eigenvalue weighted by Crippen LogP contribution is -2.58. The van der Waals surface area contributed by atoms with Gasteiger partial charge in [0.25, 0.3) is 0 Å². The van der Waals surface area contributed by atoms with Crippen molar-refractivity contribution in [2.24, 2.45) is 0 Å². The molecule has 0 amide bonds. The topological polar surface area (TPSA) is 6.48 Å². The highest BCUT2D eigenvalue weighted by molar-refractivity contribution is 8.00. The minimum atomic E-state index is 0.0565. The van der Waals surface area contributed by atoms with Crippen LogP contribution in [0.15, 0.2) is 169 Å². The van der Waals surface area contributed by atoms with Crippen molar-refractivity contribution in [1.29, 1.82) is 0 Å². The zero-order chi connectivity index (χ0) is 37.8. The molecule has 0 N–H and O–H groups in total. The average molecular weight is 777 g/mol. The van der Waals surface area contributed by atoms with Crippen LogP contribution >= 0.6 is 35.3 Å². The van der Waals surface area contributed by atoms with Crippen molar-refractivity contribution >= 4 is 92.5 Å². The number of hydrogen-bond donors (Lipinski definition) is 0. The van der Waals surface area contributed by atoms with Crippen molar-refractivity contribution in [3.63, 3.8) is 0 Å². The molecule has 0 saturated heterocycles. The molecule has 0 radical (unpaired) electrons. The summed E-state index contributed by atoms with van der Waals surface area (Å²) in [6.07, 6.45) is 0. The molecular formula is C50H41BN2S3. The molecule has 4 aliphatic rings. The van der Waals surface area contributed by atoms with E-state index in [0.717, 1.165) is 0 Å². The molecule has 272 valence electrons. The fourth-order valence-electron chi connectivity index (χ4n) is 9.41.